The van der Waals surface area contributed by atoms with Crippen molar-refractivity contribution < 1.29 is 14.3 Å². The van der Waals surface area contributed by atoms with E-state index in [1.807, 2.05) is 0 Å². The van der Waals surface area contributed by atoms with Gasteiger partial charge in [-0.05, 0) is 12.1 Å². The number of pyridine rings is 1. The van der Waals surface area contributed by atoms with E-state index in [4.69, 9.17) is 5.11 Å². The molecule has 0 aromatic carbocycles. The Balaban J connectivity index is 2.16. The number of alkyl halides is 1. The van der Waals surface area contributed by atoms with Crippen LogP contribution in [0.4, 0.5) is 4.39 Å². The third-order valence-corrected chi connectivity index (χ3v) is 2.72. The van der Waals surface area contributed by atoms with Crippen LogP contribution in [0.25, 0.3) is 0 Å². The molecule has 16 heavy (non-hydrogen) atoms. The minimum absolute atomic E-state index is 0.0423. The Morgan fingerprint density at radius 1 is 1.62 bits per heavy atom. The first-order valence-electron chi connectivity index (χ1n) is 5.19. The molecule has 2 heterocycles. The molecule has 1 saturated heterocycles. The van der Waals surface area contributed by atoms with Crippen LogP contribution in [-0.4, -0.2) is 46.3 Å². The van der Waals surface area contributed by atoms with E-state index >= 15 is 0 Å². The second kappa shape index (κ2) is 4.57. The molecule has 1 N–H and O–H groups in total. The predicted molar refractivity (Wildman–Crippen MR) is 55.7 cm³/mol. The first-order valence-corrected chi connectivity index (χ1v) is 5.19. The first-order chi connectivity index (χ1) is 7.72. The van der Waals surface area contributed by atoms with Crippen LogP contribution in [0, 0.1) is 0 Å². The lowest BCUT2D eigenvalue weighted by Crippen LogP contribution is -2.38. The summed E-state index contributed by atoms with van der Waals surface area (Å²) in [5, 5.41) is 9.07. The van der Waals surface area contributed by atoms with Crippen LogP contribution in [0.5, 0.6) is 0 Å². The molecule has 1 fully saturated rings. The monoisotopic (exact) mass is 224 g/mol. The molecule has 2 unspecified atom stereocenters. The summed E-state index contributed by atoms with van der Waals surface area (Å²) in [5.41, 5.74) is 0.287. The van der Waals surface area contributed by atoms with E-state index in [2.05, 4.69) is 4.98 Å². The molecule has 2 rings (SSSR count). The van der Waals surface area contributed by atoms with E-state index in [0.29, 0.717) is 0 Å². The lowest BCUT2D eigenvalue weighted by molar-refractivity contribution is 0.0667. The number of hydrogen-bond acceptors (Lipinski definition) is 3. The van der Waals surface area contributed by atoms with Crippen LogP contribution in [-0.2, 0) is 0 Å². The zero-order chi connectivity index (χ0) is 11.5. The number of nitrogens with zero attached hydrogens (tertiary/aromatic N) is 2. The van der Waals surface area contributed by atoms with Crippen molar-refractivity contribution in [2.75, 3.05) is 13.2 Å². The summed E-state index contributed by atoms with van der Waals surface area (Å²) >= 11 is 0. The Labute approximate surface area is 92.7 Å². The molecule has 0 radical (unpaired) electrons. The molecule has 1 amide bonds. The fraction of sp³-hybridized carbons (Fsp3) is 0.455. The number of amides is 1. The van der Waals surface area contributed by atoms with Crippen molar-refractivity contribution in [3.05, 3.63) is 30.1 Å². The SMILES string of the molecule is O=C(c1ccccn1)N1CC(F)CC1CO. The van der Waals surface area contributed by atoms with Crippen molar-refractivity contribution >= 4 is 5.91 Å². The number of rotatable bonds is 2. The molecule has 0 aliphatic carbocycles. The molecule has 5 heteroatoms. The Kier molecular flexibility index (Phi) is 3.14. The summed E-state index contributed by atoms with van der Waals surface area (Å²) < 4.78 is 13.2. The van der Waals surface area contributed by atoms with Gasteiger partial charge in [0.15, 0.2) is 0 Å². The highest BCUT2D eigenvalue weighted by atomic mass is 19.1. The van der Waals surface area contributed by atoms with Gasteiger partial charge in [-0.25, -0.2) is 4.39 Å². The lowest BCUT2D eigenvalue weighted by Gasteiger charge is -2.21. The molecular weight excluding hydrogens is 211 g/mol. The van der Waals surface area contributed by atoms with Gasteiger partial charge in [0.1, 0.15) is 11.9 Å². The van der Waals surface area contributed by atoms with Crippen LogP contribution >= 0.6 is 0 Å². The van der Waals surface area contributed by atoms with Gasteiger partial charge in [-0.15, -0.1) is 0 Å². The molecule has 1 aliphatic rings. The maximum atomic E-state index is 13.2. The van der Waals surface area contributed by atoms with E-state index in [-0.39, 0.29) is 31.2 Å². The molecule has 2 atom stereocenters. The Hall–Kier alpha value is -1.49. The minimum atomic E-state index is -1.05. The number of aliphatic hydroxyl groups is 1. The second-order valence-corrected chi connectivity index (χ2v) is 3.84. The zero-order valence-corrected chi connectivity index (χ0v) is 8.71. The van der Waals surface area contributed by atoms with Gasteiger partial charge in [0.25, 0.3) is 5.91 Å². The Bertz CT molecular complexity index is 372. The largest absolute Gasteiger partial charge is 0.394 e. The summed E-state index contributed by atoms with van der Waals surface area (Å²) in [6.07, 6.45) is 0.670. The summed E-state index contributed by atoms with van der Waals surface area (Å²) in [7, 11) is 0. The average molecular weight is 224 g/mol. The van der Waals surface area contributed by atoms with Gasteiger partial charge in [-0.3, -0.25) is 9.78 Å². The van der Waals surface area contributed by atoms with Gasteiger partial charge < -0.3 is 10.0 Å². The molecule has 4 nitrogen and oxygen atoms in total. The molecule has 86 valence electrons. The van der Waals surface area contributed by atoms with Crippen molar-refractivity contribution in [1.82, 2.24) is 9.88 Å². The van der Waals surface area contributed by atoms with E-state index in [1.54, 1.807) is 18.2 Å². The highest BCUT2D eigenvalue weighted by molar-refractivity contribution is 5.92. The van der Waals surface area contributed by atoms with Crippen molar-refractivity contribution in [2.45, 2.75) is 18.6 Å². The zero-order valence-electron chi connectivity index (χ0n) is 8.71. The first kappa shape index (κ1) is 11.0. The number of likely N-dealkylation sites (tertiary alicyclic amines) is 1. The van der Waals surface area contributed by atoms with Gasteiger partial charge in [-0.1, -0.05) is 6.07 Å². The van der Waals surface area contributed by atoms with E-state index in [1.165, 1.54) is 11.1 Å². The molecule has 0 bridgehead atoms. The molecule has 0 spiro atoms. The average Bonchev–Trinajstić information content (AvgIpc) is 2.70. The van der Waals surface area contributed by atoms with Crippen molar-refractivity contribution in [2.24, 2.45) is 0 Å². The van der Waals surface area contributed by atoms with Crippen LogP contribution < -0.4 is 0 Å². The Morgan fingerprint density at radius 2 is 2.44 bits per heavy atom. The number of halogens is 1. The number of aromatic nitrogens is 1. The summed E-state index contributed by atoms with van der Waals surface area (Å²) in [4.78, 5) is 17.2. The molecule has 0 saturated carbocycles. The van der Waals surface area contributed by atoms with Gasteiger partial charge in [0.2, 0.25) is 0 Å². The van der Waals surface area contributed by atoms with Crippen LogP contribution in [0.2, 0.25) is 0 Å². The van der Waals surface area contributed by atoms with E-state index in [0.717, 1.165) is 0 Å². The van der Waals surface area contributed by atoms with E-state index < -0.39 is 12.2 Å². The number of carbonyl (C=O) groups excluding carboxylic acids is 1. The molecule has 1 aliphatic heterocycles. The van der Waals surface area contributed by atoms with Crippen LogP contribution in [0.15, 0.2) is 24.4 Å². The third kappa shape index (κ3) is 2.04. The Morgan fingerprint density at radius 3 is 3.06 bits per heavy atom. The minimum Gasteiger partial charge on any atom is -0.394 e. The van der Waals surface area contributed by atoms with Gasteiger partial charge in [0.05, 0.1) is 19.2 Å². The van der Waals surface area contributed by atoms with Gasteiger partial charge in [0, 0.05) is 12.6 Å². The number of carbonyl (C=O) groups is 1. The van der Waals surface area contributed by atoms with Crippen molar-refractivity contribution in [1.29, 1.82) is 0 Å². The molecule has 1 aromatic heterocycles. The summed E-state index contributed by atoms with van der Waals surface area (Å²) in [6, 6.07) is 4.58. The second-order valence-electron chi connectivity index (χ2n) is 3.84. The van der Waals surface area contributed by atoms with E-state index in [9.17, 15) is 9.18 Å². The summed E-state index contributed by atoms with van der Waals surface area (Å²) in [5.74, 6) is -0.320. The maximum Gasteiger partial charge on any atom is 0.272 e. The van der Waals surface area contributed by atoms with Crippen molar-refractivity contribution in [3.63, 3.8) is 0 Å². The number of hydrogen-bond donors (Lipinski definition) is 1. The quantitative estimate of drug-likeness (QED) is 0.801. The summed E-state index contributed by atoms with van der Waals surface area (Å²) in [6.45, 7) is -0.167. The smallest absolute Gasteiger partial charge is 0.272 e. The molecular formula is C11H13FN2O2. The highest BCUT2D eigenvalue weighted by Gasteiger charge is 2.35. The van der Waals surface area contributed by atoms with Crippen LogP contribution in [0.1, 0.15) is 16.9 Å². The topological polar surface area (TPSA) is 53.4 Å². The van der Waals surface area contributed by atoms with Crippen molar-refractivity contribution in [3.8, 4) is 0 Å². The van der Waals surface area contributed by atoms with Crippen LogP contribution in [0.3, 0.4) is 0 Å². The fourth-order valence-electron chi connectivity index (χ4n) is 1.92. The third-order valence-electron chi connectivity index (χ3n) is 2.72. The number of aliphatic hydroxyl groups excluding tert-OH is 1. The highest BCUT2D eigenvalue weighted by Crippen LogP contribution is 2.21. The predicted octanol–water partition coefficient (Wildman–Crippen LogP) is 0.627. The maximum absolute atomic E-state index is 13.2. The standard InChI is InChI=1S/C11H13FN2O2/c12-8-5-9(7-15)14(6-8)11(16)10-3-1-2-4-13-10/h1-4,8-9,15H,5-7H2. The van der Waals surface area contributed by atoms with Gasteiger partial charge in [-0.2, -0.15) is 0 Å². The fourth-order valence-corrected chi connectivity index (χ4v) is 1.92. The lowest BCUT2D eigenvalue weighted by atomic mass is 10.2. The van der Waals surface area contributed by atoms with Gasteiger partial charge >= 0.3 is 0 Å². The molecule has 1 aromatic rings. The normalized spacial score (nSPS) is 24.8.